The van der Waals surface area contributed by atoms with Gasteiger partial charge in [0.2, 0.25) is 0 Å². The number of aliphatic hydroxyl groups excluding tert-OH is 1. The van der Waals surface area contributed by atoms with Crippen LogP contribution < -0.4 is 0 Å². The highest BCUT2D eigenvalue weighted by atomic mass is 16.5. The fourth-order valence-corrected chi connectivity index (χ4v) is 3.26. The van der Waals surface area contributed by atoms with Gasteiger partial charge in [-0.1, -0.05) is 0 Å². The maximum atomic E-state index is 9.97. The summed E-state index contributed by atoms with van der Waals surface area (Å²) in [4.78, 5) is 2.43. The van der Waals surface area contributed by atoms with E-state index in [1.165, 1.54) is 25.8 Å². The molecule has 18 heavy (non-hydrogen) atoms. The zero-order valence-corrected chi connectivity index (χ0v) is 10.6. The fourth-order valence-electron chi connectivity index (χ4n) is 3.26. The Labute approximate surface area is 108 Å². The SMILES string of the molecule is OC(COCc1ccco1)CN1CC2CCC1C2. The topological polar surface area (TPSA) is 45.8 Å². The van der Waals surface area contributed by atoms with Gasteiger partial charge in [-0.3, -0.25) is 4.90 Å². The second-order valence-corrected chi connectivity index (χ2v) is 5.54. The lowest BCUT2D eigenvalue weighted by Crippen LogP contribution is -2.39. The maximum Gasteiger partial charge on any atom is 0.129 e. The summed E-state index contributed by atoms with van der Waals surface area (Å²) >= 11 is 0. The monoisotopic (exact) mass is 251 g/mol. The predicted octanol–water partition coefficient (Wildman–Crippen LogP) is 1.64. The number of likely N-dealkylation sites (tertiary alicyclic amines) is 1. The number of nitrogens with zero attached hydrogens (tertiary/aromatic N) is 1. The number of aliphatic hydroxyl groups is 1. The molecule has 2 bridgehead atoms. The summed E-state index contributed by atoms with van der Waals surface area (Å²) in [6, 6.07) is 4.44. The Morgan fingerprint density at radius 3 is 3.11 bits per heavy atom. The number of hydrogen-bond donors (Lipinski definition) is 1. The number of hydrogen-bond acceptors (Lipinski definition) is 4. The van der Waals surface area contributed by atoms with Crippen molar-refractivity contribution in [2.75, 3.05) is 19.7 Å². The molecule has 3 atom stereocenters. The average molecular weight is 251 g/mol. The Morgan fingerprint density at radius 2 is 2.44 bits per heavy atom. The molecule has 3 rings (SSSR count). The van der Waals surface area contributed by atoms with E-state index in [0.717, 1.165) is 24.3 Å². The first-order valence-corrected chi connectivity index (χ1v) is 6.83. The summed E-state index contributed by atoms with van der Waals surface area (Å²) in [7, 11) is 0. The van der Waals surface area contributed by atoms with Crippen molar-refractivity contribution in [1.82, 2.24) is 4.90 Å². The Bertz CT molecular complexity index is 365. The van der Waals surface area contributed by atoms with Crippen LogP contribution >= 0.6 is 0 Å². The van der Waals surface area contributed by atoms with E-state index < -0.39 is 0 Å². The highest BCUT2D eigenvalue weighted by Gasteiger charge is 2.38. The van der Waals surface area contributed by atoms with E-state index >= 15 is 0 Å². The van der Waals surface area contributed by atoms with Crippen molar-refractivity contribution in [1.29, 1.82) is 0 Å². The lowest BCUT2D eigenvalue weighted by molar-refractivity contribution is 0.000540. The molecular weight excluding hydrogens is 230 g/mol. The molecule has 1 saturated heterocycles. The van der Waals surface area contributed by atoms with E-state index in [2.05, 4.69) is 4.90 Å². The average Bonchev–Trinajstić information content (AvgIpc) is 3.04. The van der Waals surface area contributed by atoms with E-state index in [-0.39, 0.29) is 6.10 Å². The van der Waals surface area contributed by atoms with Crippen LogP contribution in [0.4, 0.5) is 0 Å². The number of fused-ring (bicyclic) bond motifs is 2. The lowest BCUT2D eigenvalue weighted by Gasteiger charge is -2.28. The van der Waals surface area contributed by atoms with Crippen molar-refractivity contribution in [3.05, 3.63) is 24.2 Å². The van der Waals surface area contributed by atoms with E-state index in [1.807, 2.05) is 12.1 Å². The molecular formula is C14H21NO3. The van der Waals surface area contributed by atoms with E-state index in [9.17, 15) is 5.11 Å². The third-order valence-electron chi connectivity index (χ3n) is 4.10. The Morgan fingerprint density at radius 1 is 1.50 bits per heavy atom. The molecule has 1 aromatic heterocycles. The van der Waals surface area contributed by atoms with E-state index in [4.69, 9.17) is 9.15 Å². The number of rotatable bonds is 6. The van der Waals surface area contributed by atoms with Crippen LogP contribution in [0.3, 0.4) is 0 Å². The van der Waals surface area contributed by atoms with Gasteiger partial charge in [-0.25, -0.2) is 0 Å². The smallest absolute Gasteiger partial charge is 0.129 e. The molecule has 1 aromatic rings. The van der Waals surface area contributed by atoms with Gasteiger partial charge in [0, 0.05) is 19.1 Å². The zero-order chi connectivity index (χ0) is 12.4. The van der Waals surface area contributed by atoms with Crippen molar-refractivity contribution >= 4 is 0 Å². The minimum absolute atomic E-state index is 0.384. The third-order valence-corrected chi connectivity index (χ3v) is 4.10. The van der Waals surface area contributed by atoms with Crippen LogP contribution in [0.5, 0.6) is 0 Å². The molecule has 1 aliphatic heterocycles. The molecule has 4 nitrogen and oxygen atoms in total. The number of furan rings is 1. The largest absolute Gasteiger partial charge is 0.467 e. The summed E-state index contributed by atoms with van der Waals surface area (Å²) in [5.74, 6) is 1.69. The van der Waals surface area contributed by atoms with Crippen molar-refractivity contribution in [3.8, 4) is 0 Å². The predicted molar refractivity (Wildman–Crippen MR) is 67.1 cm³/mol. The minimum atomic E-state index is -0.390. The van der Waals surface area contributed by atoms with Gasteiger partial charge in [0.1, 0.15) is 12.4 Å². The molecule has 0 radical (unpaired) electrons. The standard InChI is InChI=1S/C14H21NO3/c16-13(9-17-10-14-2-1-5-18-14)8-15-7-11-3-4-12(15)6-11/h1-2,5,11-13,16H,3-4,6-10H2. The number of piperidine rings is 1. The summed E-state index contributed by atoms with van der Waals surface area (Å²) < 4.78 is 10.6. The molecule has 3 unspecified atom stereocenters. The highest BCUT2D eigenvalue weighted by molar-refractivity contribution is 4.96. The molecule has 0 spiro atoms. The number of β-amino-alcohol motifs (C(OH)–C–C–N with tert-alkyl or cyclic N) is 1. The van der Waals surface area contributed by atoms with Gasteiger partial charge in [-0.15, -0.1) is 0 Å². The van der Waals surface area contributed by atoms with Crippen LogP contribution in [0.1, 0.15) is 25.0 Å². The maximum absolute atomic E-state index is 9.97. The van der Waals surface area contributed by atoms with Crippen molar-refractivity contribution < 1.29 is 14.3 Å². The molecule has 2 heterocycles. The van der Waals surface area contributed by atoms with E-state index in [1.54, 1.807) is 6.26 Å². The summed E-state index contributed by atoms with van der Waals surface area (Å²) in [5, 5.41) is 9.97. The van der Waals surface area contributed by atoms with Crippen LogP contribution in [0, 0.1) is 5.92 Å². The Balaban J connectivity index is 1.36. The van der Waals surface area contributed by atoms with Crippen LogP contribution in [-0.2, 0) is 11.3 Å². The molecule has 2 aliphatic rings. The molecule has 1 N–H and O–H groups in total. The van der Waals surface area contributed by atoms with Crippen LogP contribution in [0.2, 0.25) is 0 Å². The van der Waals surface area contributed by atoms with Crippen molar-refractivity contribution in [2.24, 2.45) is 5.92 Å². The lowest BCUT2D eigenvalue weighted by atomic mass is 10.1. The molecule has 0 aromatic carbocycles. The first kappa shape index (κ1) is 12.2. The van der Waals surface area contributed by atoms with Gasteiger partial charge < -0.3 is 14.3 Å². The first-order chi connectivity index (χ1) is 8.81. The van der Waals surface area contributed by atoms with Crippen molar-refractivity contribution in [2.45, 2.75) is 38.0 Å². The molecule has 100 valence electrons. The minimum Gasteiger partial charge on any atom is -0.467 e. The summed E-state index contributed by atoms with van der Waals surface area (Å²) in [6.45, 7) is 2.74. The quantitative estimate of drug-likeness (QED) is 0.835. The van der Waals surface area contributed by atoms with Gasteiger partial charge in [0.25, 0.3) is 0 Å². The molecule has 2 fully saturated rings. The second-order valence-electron chi connectivity index (χ2n) is 5.54. The molecule has 1 saturated carbocycles. The van der Waals surface area contributed by atoms with Crippen LogP contribution in [0.15, 0.2) is 22.8 Å². The van der Waals surface area contributed by atoms with Gasteiger partial charge in [-0.2, -0.15) is 0 Å². The van der Waals surface area contributed by atoms with Crippen LogP contribution in [-0.4, -0.2) is 41.8 Å². The highest BCUT2D eigenvalue weighted by Crippen LogP contribution is 2.37. The number of ether oxygens (including phenoxy) is 1. The fraction of sp³-hybridized carbons (Fsp3) is 0.714. The second kappa shape index (κ2) is 5.43. The summed E-state index contributed by atoms with van der Waals surface area (Å²) in [6.07, 6.45) is 5.27. The molecule has 1 aliphatic carbocycles. The van der Waals surface area contributed by atoms with Crippen molar-refractivity contribution in [3.63, 3.8) is 0 Å². The van der Waals surface area contributed by atoms with Gasteiger partial charge in [-0.05, 0) is 37.3 Å². The van der Waals surface area contributed by atoms with E-state index in [0.29, 0.717) is 13.2 Å². The Kier molecular flexibility index (Phi) is 3.68. The van der Waals surface area contributed by atoms with Crippen LogP contribution in [0.25, 0.3) is 0 Å². The van der Waals surface area contributed by atoms with Gasteiger partial charge in [0.05, 0.1) is 19.0 Å². The third kappa shape index (κ3) is 2.76. The first-order valence-electron chi connectivity index (χ1n) is 6.83. The zero-order valence-electron chi connectivity index (χ0n) is 10.6. The molecule has 0 amide bonds. The Hall–Kier alpha value is -0.840. The summed E-state index contributed by atoms with van der Waals surface area (Å²) in [5.41, 5.74) is 0. The normalized spacial score (nSPS) is 28.9. The van der Waals surface area contributed by atoms with Gasteiger partial charge in [0.15, 0.2) is 0 Å². The molecule has 4 heteroatoms. The van der Waals surface area contributed by atoms with Gasteiger partial charge >= 0.3 is 0 Å².